The van der Waals surface area contributed by atoms with Crippen molar-refractivity contribution in [1.82, 2.24) is 20.2 Å². The molecule has 1 saturated heterocycles. The molecule has 3 heterocycles. The van der Waals surface area contributed by atoms with Gasteiger partial charge in [0.1, 0.15) is 0 Å². The van der Waals surface area contributed by atoms with E-state index in [0.717, 1.165) is 62.0 Å². The van der Waals surface area contributed by atoms with E-state index in [2.05, 4.69) is 32.3 Å². The molecule has 1 atom stereocenters. The van der Waals surface area contributed by atoms with E-state index in [0.29, 0.717) is 15.6 Å². The molecule has 0 aliphatic carbocycles. The Morgan fingerprint density at radius 3 is 2.61 bits per heavy atom. The third kappa shape index (κ3) is 7.15. The van der Waals surface area contributed by atoms with Gasteiger partial charge in [-0.2, -0.15) is 0 Å². The summed E-state index contributed by atoms with van der Waals surface area (Å²) < 4.78 is 4.82. The molecule has 7 nitrogen and oxygen atoms in total. The van der Waals surface area contributed by atoms with Crippen LogP contribution < -0.4 is 5.32 Å². The van der Waals surface area contributed by atoms with Gasteiger partial charge in [-0.25, -0.2) is 9.97 Å². The summed E-state index contributed by atoms with van der Waals surface area (Å²) in [7, 11) is 1.33. The first-order valence-electron chi connectivity index (χ1n) is 12.2. The Kier molecular flexibility index (Phi) is 9.13. The molecule has 1 N–H and O–H groups in total. The van der Waals surface area contributed by atoms with Crippen LogP contribution in [-0.2, 0) is 20.7 Å². The highest BCUT2D eigenvalue weighted by molar-refractivity contribution is 6.34. The highest BCUT2D eigenvalue weighted by Crippen LogP contribution is 2.27. The number of rotatable bonds is 9. The number of halogens is 2. The Hall–Kier alpha value is -2.74. The minimum Gasteiger partial charge on any atom is -0.469 e. The molecule has 1 aliphatic rings. The highest BCUT2D eigenvalue weighted by Gasteiger charge is 2.28. The van der Waals surface area contributed by atoms with Gasteiger partial charge in [-0.15, -0.1) is 0 Å². The zero-order chi connectivity index (χ0) is 25.5. The molecule has 4 rings (SSSR count). The molecule has 9 heteroatoms. The summed E-state index contributed by atoms with van der Waals surface area (Å²) in [6.45, 7) is 2.67. The number of amides is 1. The molecule has 0 radical (unpaired) electrons. The second kappa shape index (κ2) is 12.5. The first kappa shape index (κ1) is 26.3. The second-order valence-corrected chi connectivity index (χ2v) is 9.99. The van der Waals surface area contributed by atoms with Crippen LogP contribution in [0.1, 0.15) is 43.0 Å². The maximum atomic E-state index is 13.1. The molecule has 1 aromatic carbocycles. The number of likely N-dealkylation sites (tertiary alicyclic amines) is 1. The van der Waals surface area contributed by atoms with E-state index in [9.17, 15) is 9.59 Å². The van der Waals surface area contributed by atoms with Gasteiger partial charge in [0.15, 0.2) is 5.65 Å². The lowest BCUT2D eigenvalue weighted by atomic mass is 9.94. The summed E-state index contributed by atoms with van der Waals surface area (Å²) >= 11 is 12.3. The molecule has 36 heavy (non-hydrogen) atoms. The number of nitrogens with one attached hydrogen (secondary N) is 1. The van der Waals surface area contributed by atoms with Crippen LogP contribution in [0.25, 0.3) is 11.0 Å². The number of esters is 1. The minimum absolute atomic E-state index is 0.0100. The van der Waals surface area contributed by atoms with Gasteiger partial charge in [-0.1, -0.05) is 23.2 Å². The summed E-state index contributed by atoms with van der Waals surface area (Å²) in [5.41, 5.74) is 2.52. The van der Waals surface area contributed by atoms with Crippen LogP contribution in [0.4, 0.5) is 0 Å². The van der Waals surface area contributed by atoms with Crippen LogP contribution in [-0.4, -0.2) is 53.5 Å². The predicted octanol–water partition coefficient (Wildman–Crippen LogP) is 5.00. The topological polar surface area (TPSA) is 84.4 Å². The van der Waals surface area contributed by atoms with Crippen LogP contribution in [0.2, 0.25) is 10.0 Å². The van der Waals surface area contributed by atoms with E-state index < -0.39 is 12.0 Å². The fourth-order valence-corrected chi connectivity index (χ4v) is 5.15. The van der Waals surface area contributed by atoms with Crippen molar-refractivity contribution >= 4 is 46.1 Å². The lowest BCUT2D eigenvalue weighted by Crippen LogP contribution is -2.42. The Bertz CT molecular complexity index is 1190. The number of carbonyl (C=O) groups excluding carboxylic acids is 2. The van der Waals surface area contributed by atoms with E-state index >= 15 is 0 Å². The second-order valence-electron chi connectivity index (χ2n) is 9.12. The van der Waals surface area contributed by atoms with Crippen molar-refractivity contribution in [1.29, 1.82) is 0 Å². The monoisotopic (exact) mass is 528 g/mol. The number of pyridine rings is 2. The number of fused-ring (bicyclic) bond motifs is 1. The van der Waals surface area contributed by atoms with Crippen molar-refractivity contribution in [2.45, 2.75) is 38.1 Å². The lowest BCUT2D eigenvalue weighted by molar-refractivity contribution is -0.141. The summed E-state index contributed by atoms with van der Waals surface area (Å²) in [4.78, 5) is 36.4. The first-order chi connectivity index (χ1) is 17.4. The number of aromatic nitrogens is 2. The summed E-state index contributed by atoms with van der Waals surface area (Å²) in [5, 5.41) is 4.98. The van der Waals surface area contributed by atoms with Crippen LogP contribution in [0.5, 0.6) is 0 Å². The third-order valence-electron chi connectivity index (χ3n) is 6.59. The van der Waals surface area contributed by atoms with Gasteiger partial charge in [0.25, 0.3) is 0 Å². The van der Waals surface area contributed by atoms with Crippen LogP contribution in [0, 0.1) is 5.92 Å². The molecular weight excluding hydrogens is 499 g/mol. The van der Waals surface area contributed by atoms with Crippen molar-refractivity contribution < 1.29 is 14.3 Å². The number of hydrogen-bond donors (Lipinski definition) is 1. The third-order valence-corrected chi connectivity index (χ3v) is 7.03. The Balaban J connectivity index is 1.27. The van der Waals surface area contributed by atoms with Crippen molar-refractivity contribution in [3.8, 4) is 0 Å². The number of nitrogens with zero attached hydrogens (tertiary/aromatic N) is 3. The average Bonchev–Trinajstić information content (AvgIpc) is 2.88. The van der Waals surface area contributed by atoms with Crippen molar-refractivity contribution in [3.05, 3.63) is 70.0 Å². The number of benzene rings is 1. The highest BCUT2D eigenvalue weighted by atomic mass is 35.5. The minimum atomic E-state index is -0.553. The molecule has 0 unspecified atom stereocenters. The first-order valence-corrected chi connectivity index (χ1v) is 12.9. The van der Waals surface area contributed by atoms with Gasteiger partial charge >= 0.3 is 5.97 Å². The molecular formula is C27H30Cl2N4O3. The van der Waals surface area contributed by atoms with Gasteiger partial charge in [0.05, 0.1) is 19.6 Å². The molecule has 0 saturated carbocycles. The van der Waals surface area contributed by atoms with E-state index in [-0.39, 0.29) is 18.2 Å². The van der Waals surface area contributed by atoms with E-state index in [1.54, 1.807) is 24.4 Å². The summed E-state index contributed by atoms with van der Waals surface area (Å²) in [5.74, 6) is -0.584. The van der Waals surface area contributed by atoms with E-state index in [1.807, 2.05) is 12.1 Å². The number of carbonyl (C=O) groups is 2. The lowest BCUT2D eigenvalue weighted by Gasteiger charge is -2.32. The summed E-state index contributed by atoms with van der Waals surface area (Å²) in [6, 6.07) is 12.6. The van der Waals surface area contributed by atoms with Gasteiger partial charge in [0, 0.05) is 33.2 Å². The predicted molar refractivity (Wildman–Crippen MR) is 141 cm³/mol. The Morgan fingerprint density at radius 2 is 1.89 bits per heavy atom. The van der Waals surface area contributed by atoms with Crippen molar-refractivity contribution in [2.24, 2.45) is 5.92 Å². The van der Waals surface area contributed by atoms with Gasteiger partial charge in [-0.3, -0.25) is 9.59 Å². The average molecular weight is 529 g/mol. The molecule has 1 amide bonds. The SMILES string of the molecule is COC(=O)C[C@H](NC(=O)C1CCN(CCCc2ccc3cccnc3n2)CC1)c1cc(Cl)cc(Cl)c1. The fraction of sp³-hybridized carbons (Fsp3) is 0.407. The normalized spacial score (nSPS) is 15.5. The largest absolute Gasteiger partial charge is 0.469 e. The maximum absolute atomic E-state index is 13.1. The molecule has 1 aliphatic heterocycles. The smallest absolute Gasteiger partial charge is 0.307 e. The number of aryl methyl sites for hydroxylation is 1. The van der Waals surface area contributed by atoms with Crippen LogP contribution in [0.15, 0.2) is 48.7 Å². The number of ether oxygens (including phenoxy) is 1. The van der Waals surface area contributed by atoms with E-state index in [1.165, 1.54) is 7.11 Å². The maximum Gasteiger partial charge on any atom is 0.307 e. The van der Waals surface area contributed by atoms with Gasteiger partial charge in [0.2, 0.25) is 5.91 Å². The molecule has 2 aromatic heterocycles. The number of methoxy groups -OCH3 is 1. The van der Waals surface area contributed by atoms with Gasteiger partial charge in [-0.05, 0) is 93.3 Å². The zero-order valence-corrected chi connectivity index (χ0v) is 21.8. The van der Waals surface area contributed by atoms with Crippen molar-refractivity contribution in [3.63, 3.8) is 0 Å². The molecule has 1 fully saturated rings. The standard InChI is InChI=1S/C27H30Cl2N4O3/c1-36-25(34)17-24(20-14-21(28)16-22(29)15-20)32-27(35)19-8-12-33(13-9-19)11-3-5-23-7-6-18-4-2-10-30-26(18)31-23/h2,4,6-7,10,14-16,19,24H,3,5,8-9,11-13,17H2,1H3,(H,32,35)/t24-/m0/s1. The number of hydrogen-bond acceptors (Lipinski definition) is 6. The molecule has 0 bridgehead atoms. The zero-order valence-electron chi connectivity index (χ0n) is 20.3. The van der Waals surface area contributed by atoms with Crippen LogP contribution >= 0.6 is 23.2 Å². The molecule has 190 valence electrons. The van der Waals surface area contributed by atoms with Gasteiger partial charge < -0.3 is 15.0 Å². The molecule has 0 spiro atoms. The molecule has 3 aromatic rings. The quantitative estimate of drug-likeness (QED) is 0.393. The fourth-order valence-electron chi connectivity index (χ4n) is 4.60. The Morgan fingerprint density at radius 1 is 1.14 bits per heavy atom. The van der Waals surface area contributed by atoms with Crippen LogP contribution in [0.3, 0.4) is 0 Å². The number of piperidine rings is 1. The summed E-state index contributed by atoms with van der Waals surface area (Å²) in [6.07, 6.45) is 5.21. The van der Waals surface area contributed by atoms with Crippen molar-refractivity contribution in [2.75, 3.05) is 26.7 Å². The van der Waals surface area contributed by atoms with E-state index in [4.69, 9.17) is 27.9 Å². The Labute approximate surface area is 221 Å².